The van der Waals surface area contributed by atoms with Crippen molar-refractivity contribution in [2.45, 2.75) is 45.6 Å². The highest BCUT2D eigenvalue weighted by molar-refractivity contribution is 5.80. The highest BCUT2D eigenvalue weighted by atomic mass is 16.5. The van der Waals surface area contributed by atoms with E-state index < -0.39 is 5.54 Å². The van der Waals surface area contributed by atoms with Crippen LogP contribution in [0, 0.1) is 0 Å². The van der Waals surface area contributed by atoms with E-state index in [0.29, 0.717) is 0 Å². The standard InChI is InChI=1S/C15H32N2O3/c1-6-10-16-15(3,14(18)19-5)9-8-11-17(4)12-13-20-7-2/h16H,6-13H2,1-5H3. The van der Waals surface area contributed by atoms with Crippen LogP contribution in [0.25, 0.3) is 0 Å². The van der Waals surface area contributed by atoms with Crippen molar-refractivity contribution in [3.63, 3.8) is 0 Å². The third kappa shape index (κ3) is 7.82. The van der Waals surface area contributed by atoms with Crippen LogP contribution >= 0.6 is 0 Å². The maximum Gasteiger partial charge on any atom is 0.325 e. The molecule has 0 rings (SSSR count). The van der Waals surface area contributed by atoms with E-state index in [2.05, 4.69) is 24.2 Å². The molecule has 0 aliphatic heterocycles. The Morgan fingerprint density at radius 3 is 2.55 bits per heavy atom. The number of carbonyl (C=O) groups excluding carboxylic acids is 1. The number of esters is 1. The molecule has 5 heteroatoms. The summed E-state index contributed by atoms with van der Waals surface area (Å²) in [6.07, 6.45) is 2.73. The molecule has 0 radical (unpaired) electrons. The molecular weight excluding hydrogens is 256 g/mol. The fourth-order valence-corrected chi connectivity index (χ4v) is 2.07. The number of hydrogen-bond acceptors (Lipinski definition) is 5. The fraction of sp³-hybridized carbons (Fsp3) is 0.933. The molecule has 0 heterocycles. The van der Waals surface area contributed by atoms with Gasteiger partial charge in [0.05, 0.1) is 13.7 Å². The Kier molecular flexibility index (Phi) is 10.7. The van der Waals surface area contributed by atoms with Crippen molar-refractivity contribution in [2.75, 3.05) is 47.0 Å². The van der Waals surface area contributed by atoms with Gasteiger partial charge < -0.3 is 19.7 Å². The van der Waals surface area contributed by atoms with Crippen LogP contribution in [-0.4, -0.2) is 63.4 Å². The second-order valence-corrected chi connectivity index (χ2v) is 5.35. The number of hydrogen-bond donors (Lipinski definition) is 1. The number of ether oxygens (including phenoxy) is 2. The summed E-state index contributed by atoms with van der Waals surface area (Å²) in [6, 6.07) is 0. The van der Waals surface area contributed by atoms with Crippen molar-refractivity contribution in [1.82, 2.24) is 10.2 Å². The van der Waals surface area contributed by atoms with Gasteiger partial charge in [0.1, 0.15) is 5.54 Å². The van der Waals surface area contributed by atoms with Crippen molar-refractivity contribution < 1.29 is 14.3 Å². The van der Waals surface area contributed by atoms with Gasteiger partial charge in [-0.15, -0.1) is 0 Å². The molecule has 0 aliphatic carbocycles. The summed E-state index contributed by atoms with van der Waals surface area (Å²) < 4.78 is 10.2. The number of nitrogens with one attached hydrogen (secondary N) is 1. The molecule has 0 fully saturated rings. The van der Waals surface area contributed by atoms with E-state index in [9.17, 15) is 4.79 Å². The first kappa shape index (κ1) is 19.4. The quantitative estimate of drug-likeness (QED) is 0.437. The molecule has 0 aromatic heterocycles. The van der Waals surface area contributed by atoms with Crippen LogP contribution in [-0.2, 0) is 14.3 Å². The van der Waals surface area contributed by atoms with E-state index in [0.717, 1.165) is 52.1 Å². The summed E-state index contributed by atoms with van der Waals surface area (Å²) in [5, 5.41) is 3.30. The average Bonchev–Trinajstić information content (AvgIpc) is 2.44. The molecule has 0 saturated carbocycles. The lowest BCUT2D eigenvalue weighted by Crippen LogP contribution is -2.50. The molecule has 0 bridgehead atoms. The second kappa shape index (κ2) is 11.1. The first-order valence-corrected chi connectivity index (χ1v) is 7.59. The zero-order valence-corrected chi connectivity index (χ0v) is 13.8. The first-order chi connectivity index (χ1) is 9.50. The summed E-state index contributed by atoms with van der Waals surface area (Å²) >= 11 is 0. The number of rotatable bonds is 12. The summed E-state index contributed by atoms with van der Waals surface area (Å²) in [5.41, 5.74) is -0.578. The van der Waals surface area contributed by atoms with Crippen LogP contribution in [0.1, 0.15) is 40.0 Å². The zero-order chi connectivity index (χ0) is 15.4. The minimum Gasteiger partial charge on any atom is -0.468 e. The third-order valence-corrected chi connectivity index (χ3v) is 3.44. The van der Waals surface area contributed by atoms with Crippen molar-refractivity contribution in [1.29, 1.82) is 0 Å². The predicted octanol–water partition coefficient (Wildman–Crippen LogP) is 1.67. The van der Waals surface area contributed by atoms with Crippen LogP contribution in [0.3, 0.4) is 0 Å². The van der Waals surface area contributed by atoms with Gasteiger partial charge in [0, 0.05) is 13.2 Å². The Morgan fingerprint density at radius 1 is 1.30 bits per heavy atom. The van der Waals surface area contributed by atoms with E-state index >= 15 is 0 Å². The molecule has 1 atom stereocenters. The highest BCUT2D eigenvalue weighted by Crippen LogP contribution is 2.15. The van der Waals surface area contributed by atoms with Crippen molar-refractivity contribution in [2.24, 2.45) is 0 Å². The number of methoxy groups -OCH3 is 1. The zero-order valence-electron chi connectivity index (χ0n) is 13.8. The Bertz CT molecular complexity index is 262. The van der Waals surface area contributed by atoms with Crippen molar-refractivity contribution in [3.8, 4) is 0 Å². The number of nitrogens with zero attached hydrogens (tertiary/aromatic N) is 1. The molecular formula is C15H32N2O3. The Labute approximate surface area is 124 Å². The lowest BCUT2D eigenvalue weighted by Gasteiger charge is -2.29. The van der Waals surface area contributed by atoms with Crippen LogP contribution in [0.2, 0.25) is 0 Å². The van der Waals surface area contributed by atoms with E-state index in [-0.39, 0.29) is 5.97 Å². The summed E-state index contributed by atoms with van der Waals surface area (Å²) in [7, 11) is 3.52. The normalized spacial score (nSPS) is 14.3. The van der Waals surface area contributed by atoms with Crippen LogP contribution < -0.4 is 5.32 Å². The molecule has 0 aliphatic rings. The van der Waals surface area contributed by atoms with Gasteiger partial charge in [-0.1, -0.05) is 6.92 Å². The van der Waals surface area contributed by atoms with Gasteiger partial charge in [0.25, 0.3) is 0 Å². The molecule has 0 spiro atoms. The minimum absolute atomic E-state index is 0.178. The van der Waals surface area contributed by atoms with Gasteiger partial charge in [0.2, 0.25) is 0 Å². The van der Waals surface area contributed by atoms with Gasteiger partial charge in [-0.2, -0.15) is 0 Å². The van der Waals surface area contributed by atoms with E-state index in [1.807, 2.05) is 13.8 Å². The molecule has 1 N–H and O–H groups in total. The Morgan fingerprint density at radius 2 is 2.00 bits per heavy atom. The Balaban J connectivity index is 4.09. The molecule has 0 saturated heterocycles. The molecule has 0 aromatic carbocycles. The predicted molar refractivity (Wildman–Crippen MR) is 81.9 cm³/mol. The number of carbonyl (C=O) groups is 1. The fourth-order valence-electron chi connectivity index (χ4n) is 2.07. The number of likely N-dealkylation sites (N-methyl/N-ethyl adjacent to an activating group) is 1. The molecule has 20 heavy (non-hydrogen) atoms. The van der Waals surface area contributed by atoms with Crippen LogP contribution in [0.4, 0.5) is 0 Å². The Hall–Kier alpha value is -0.650. The van der Waals surface area contributed by atoms with Gasteiger partial charge >= 0.3 is 5.97 Å². The molecule has 120 valence electrons. The monoisotopic (exact) mass is 288 g/mol. The van der Waals surface area contributed by atoms with E-state index in [1.54, 1.807) is 0 Å². The lowest BCUT2D eigenvalue weighted by atomic mass is 9.95. The van der Waals surface area contributed by atoms with E-state index in [4.69, 9.17) is 9.47 Å². The largest absolute Gasteiger partial charge is 0.468 e. The summed E-state index contributed by atoms with van der Waals surface area (Å²) in [6.45, 7) is 10.2. The smallest absolute Gasteiger partial charge is 0.325 e. The lowest BCUT2D eigenvalue weighted by molar-refractivity contribution is -0.148. The van der Waals surface area contributed by atoms with Crippen molar-refractivity contribution >= 4 is 5.97 Å². The second-order valence-electron chi connectivity index (χ2n) is 5.35. The van der Waals surface area contributed by atoms with Crippen LogP contribution in [0.5, 0.6) is 0 Å². The minimum atomic E-state index is -0.578. The van der Waals surface area contributed by atoms with Gasteiger partial charge in [-0.3, -0.25) is 4.79 Å². The summed E-state index contributed by atoms with van der Waals surface area (Å²) in [4.78, 5) is 14.1. The summed E-state index contributed by atoms with van der Waals surface area (Å²) in [5.74, 6) is -0.178. The maximum atomic E-state index is 11.9. The van der Waals surface area contributed by atoms with E-state index in [1.165, 1.54) is 7.11 Å². The van der Waals surface area contributed by atoms with Gasteiger partial charge in [0.15, 0.2) is 0 Å². The first-order valence-electron chi connectivity index (χ1n) is 7.59. The average molecular weight is 288 g/mol. The third-order valence-electron chi connectivity index (χ3n) is 3.44. The highest BCUT2D eigenvalue weighted by Gasteiger charge is 2.32. The van der Waals surface area contributed by atoms with Gasteiger partial charge in [-0.25, -0.2) is 0 Å². The molecule has 0 amide bonds. The van der Waals surface area contributed by atoms with Crippen molar-refractivity contribution in [3.05, 3.63) is 0 Å². The molecule has 1 unspecified atom stereocenters. The molecule has 0 aromatic rings. The van der Waals surface area contributed by atoms with Gasteiger partial charge in [-0.05, 0) is 53.2 Å². The topological polar surface area (TPSA) is 50.8 Å². The molecule has 5 nitrogen and oxygen atoms in total. The van der Waals surface area contributed by atoms with Crippen LogP contribution in [0.15, 0.2) is 0 Å². The SMILES string of the molecule is CCCNC(C)(CCCN(C)CCOCC)C(=O)OC. The maximum absolute atomic E-state index is 11.9.